The first-order valence-electron chi connectivity index (χ1n) is 7.88. The number of hydrogen-bond acceptors (Lipinski definition) is 6. The minimum atomic E-state index is -3.88. The standard InChI is InChI=1S/C17H15BrN4O4S2/c18-14-4-2-13(3-5-14)12-27(23,24)21-15-6-8-16(9-7-15)28(25,26)22-17-19-10-1-11-20-17/h1-11,21H,12H2,(H,19,20,22). The summed E-state index contributed by atoms with van der Waals surface area (Å²) in [5.74, 6) is -0.255. The van der Waals surface area contributed by atoms with Gasteiger partial charge in [0.05, 0.1) is 10.6 Å². The Morgan fingerprint density at radius 2 is 1.43 bits per heavy atom. The monoisotopic (exact) mass is 482 g/mol. The lowest BCUT2D eigenvalue weighted by Crippen LogP contribution is -2.16. The van der Waals surface area contributed by atoms with E-state index in [4.69, 9.17) is 0 Å². The highest BCUT2D eigenvalue weighted by molar-refractivity contribution is 9.10. The number of halogens is 1. The summed E-state index contributed by atoms with van der Waals surface area (Å²) >= 11 is 3.30. The number of anilines is 2. The molecule has 1 aromatic heterocycles. The van der Waals surface area contributed by atoms with Crippen molar-refractivity contribution in [3.05, 3.63) is 77.0 Å². The molecule has 11 heteroatoms. The zero-order chi connectivity index (χ0) is 20.2. The fourth-order valence-corrected chi connectivity index (χ4v) is 4.67. The van der Waals surface area contributed by atoms with Gasteiger partial charge in [-0.1, -0.05) is 28.1 Å². The maximum atomic E-state index is 12.3. The molecule has 3 aromatic rings. The van der Waals surface area contributed by atoms with E-state index in [-0.39, 0.29) is 22.3 Å². The zero-order valence-electron chi connectivity index (χ0n) is 14.3. The van der Waals surface area contributed by atoms with Crippen LogP contribution in [0.1, 0.15) is 5.56 Å². The lowest BCUT2D eigenvalue weighted by Gasteiger charge is -2.10. The number of hydrogen-bond donors (Lipinski definition) is 2. The SMILES string of the molecule is O=S(=O)(Cc1ccc(Br)cc1)Nc1ccc(S(=O)(=O)Nc2ncccn2)cc1. The van der Waals surface area contributed by atoms with E-state index < -0.39 is 20.0 Å². The molecule has 28 heavy (non-hydrogen) atoms. The molecule has 0 radical (unpaired) electrons. The van der Waals surface area contributed by atoms with Crippen LogP contribution in [0.4, 0.5) is 11.6 Å². The predicted octanol–water partition coefficient (Wildman–Crippen LogP) is 2.98. The molecule has 0 aliphatic rings. The Morgan fingerprint density at radius 1 is 0.821 bits per heavy atom. The van der Waals surface area contributed by atoms with Gasteiger partial charge in [0.2, 0.25) is 16.0 Å². The van der Waals surface area contributed by atoms with Gasteiger partial charge in [-0.3, -0.25) is 4.72 Å². The van der Waals surface area contributed by atoms with E-state index in [1.54, 1.807) is 30.3 Å². The molecule has 0 unspecified atom stereocenters. The van der Waals surface area contributed by atoms with Crippen molar-refractivity contribution in [1.82, 2.24) is 9.97 Å². The minimum absolute atomic E-state index is 0.0455. The molecule has 0 spiro atoms. The molecule has 8 nitrogen and oxygen atoms in total. The zero-order valence-corrected chi connectivity index (χ0v) is 17.5. The predicted molar refractivity (Wildman–Crippen MR) is 110 cm³/mol. The third kappa shape index (κ3) is 5.50. The molecule has 0 aliphatic heterocycles. The summed E-state index contributed by atoms with van der Waals surface area (Å²) in [7, 11) is -7.53. The van der Waals surface area contributed by atoms with Gasteiger partial charge in [-0.05, 0) is 48.0 Å². The van der Waals surface area contributed by atoms with Crippen LogP contribution in [0.2, 0.25) is 0 Å². The number of nitrogens with zero attached hydrogens (tertiary/aromatic N) is 2. The summed E-state index contributed by atoms with van der Waals surface area (Å²) < 4.78 is 54.8. The normalized spacial score (nSPS) is 11.8. The van der Waals surface area contributed by atoms with Crippen molar-refractivity contribution in [2.24, 2.45) is 0 Å². The molecular weight excluding hydrogens is 468 g/mol. The van der Waals surface area contributed by atoms with E-state index in [2.05, 4.69) is 35.3 Å². The van der Waals surface area contributed by atoms with Crippen LogP contribution in [0.5, 0.6) is 0 Å². The Balaban J connectivity index is 1.70. The number of benzene rings is 2. The van der Waals surface area contributed by atoms with Gasteiger partial charge in [-0.15, -0.1) is 0 Å². The summed E-state index contributed by atoms with van der Waals surface area (Å²) in [4.78, 5) is 7.56. The molecule has 0 saturated carbocycles. The fourth-order valence-electron chi connectivity index (χ4n) is 2.25. The Kier molecular flexibility index (Phi) is 5.96. The van der Waals surface area contributed by atoms with E-state index in [9.17, 15) is 16.8 Å². The lowest BCUT2D eigenvalue weighted by molar-refractivity contribution is 0.599. The highest BCUT2D eigenvalue weighted by Crippen LogP contribution is 2.19. The molecule has 1 heterocycles. The summed E-state index contributed by atoms with van der Waals surface area (Å²) in [6.07, 6.45) is 2.82. The van der Waals surface area contributed by atoms with Crippen molar-refractivity contribution in [2.75, 3.05) is 9.44 Å². The third-order valence-electron chi connectivity index (χ3n) is 3.50. The second-order valence-corrected chi connectivity index (χ2v) is 10.0. The summed E-state index contributed by atoms with van der Waals surface area (Å²) in [6.45, 7) is 0. The van der Waals surface area contributed by atoms with Crippen LogP contribution < -0.4 is 9.44 Å². The van der Waals surface area contributed by atoms with Gasteiger partial charge in [-0.2, -0.15) is 0 Å². The van der Waals surface area contributed by atoms with Crippen molar-refractivity contribution in [3.8, 4) is 0 Å². The number of nitrogens with one attached hydrogen (secondary N) is 2. The average molecular weight is 483 g/mol. The van der Waals surface area contributed by atoms with Crippen LogP contribution in [-0.2, 0) is 25.8 Å². The second kappa shape index (κ2) is 8.25. The Bertz CT molecular complexity index is 1150. The topological polar surface area (TPSA) is 118 Å². The highest BCUT2D eigenvalue weighted by Gasteiger charge is 2.17. The van der Waals surface area contributed by atoms with Gasteiger partial charge in [0.25, 0.3) is 10.0 Å². The van der Waals surface area contributed by atoms with E-state index >= 15 is 0 Å². The van der Waals surface area contributed by atoms with Crippen LogP contribution in [0.15, 0.2) is 76.4 Å². The number of aromatic nitrogens is 2. The first-order chi connectivity index (χ1) is 13.2. The molecule has 0 amide bonds. The quantitative estimate of drug-likeness (QED) is 0.534. The third-order valence-corrected chi connectivity index (χ3v) is 6.63. The highest BCUT2D eigenvalue weighted by atomic mass is 79.9. The second-order valence-electron chi connectivity index (χ2n) is 5.69. The van der Waals surface area contributed by atoms with Crippen molar-refractivity contribution >= 4 is 47.6 Å². The Morgan fingerprint density at radius 3 is 2.04 bits per heavy atom. The molecule has 0 bridgehead atoms. The molecule has 2 N–H and O–H groups in total. The number of sulfonamides is 2. The van der Waals surface area contributed by atoms with Gasteiger partial charge in [0.1, 0.15) is 0 Å². The van der Waals surface area contributed by atoms with Crippen LogP contribution in [0.3, 0.4) is 0 Å². The first kappa shape index (κ1) is 20.2. The van der Waals surface area contributed by atoms with Crippen molar-refractivity contribution in [3.63, 3.8) is 0 Å². The van der Waals surface area contributed by atoms with Crippen molar-refractivity contribution < 1.29 is 16.8 Å². The van der Waals surface area contributed by atoms with E-state index in [1.165, 1.54) is 36.7 Å². The van der Waals surface area contributed by atoms with Gasteiger partial charge >= 0.3 is 0 Å². The van der Waals surface area contributed by atoms with Gasteiger partial charge in [0.15, 0.2) is 0 Å². The van der Waals surface area contributed by atoms with Crippen LogP contribution in [-0.4, -0.2) is 26.8 Å². The number of rotatable bonds is 7. The van der Waals surface area contributed by atoms with Crippen LogP contribution in [0.25, 0.3) is 0 Å². The summed E-state index contributed by atoms with van der Waals surface area (Å²) in [5.41, 5.74) is 0.883. The average Bonchev–Trinajstić information content (AvgIpc) is 2.64. The lowest BCUT2D eigenvalue weighted by atomic mass is 10.2. The molecule has 0 fully saturated rings. The Labute approximate surface area is 171 Å². The van der Waals surface area contributed by atoms with E-state index in [0.29, 0.717) is 5.56 Å². The minimum Gasteiger partial charge on any atom is -0.283 e. The molecule has 3 rings (SSSR count). The van der Waals surface area contributed by atoms with Crippen LogP contribution >= 0.6 is 15.9 Å². The first-order valence-corrected chi connectivity index (χ1v) is 11.8. The maximum Gasteiger partial charge on any atom is 0.264 e. The smallest absolute Gasteiger partial charge is 0.264 e. The molecule has 146 valence electrons. The fraction of sp³-hybridized carbons (Fsp3) is 0.0588. The summed E-state index contributed by atoms with van der Waals surface area (Å²) in [5, 5.41) is 0. The molecule has 0 atom stereocenters. The maximum absolute atomic E-state index is 12.3. The Hall–Kier alpha value is -2.50. The van der Waals surface area contributed by atoms with E-state index in [1.807, 2.05) is 0 Å². The van der Waals surface area contributed by atoms with Crippen LogP contribution in [0, 0.1) is 0 Å². The van der Waals surface area contributed by atoms with E-state index in [0.717, 1.165) is 4.47 Å². The van der Waals surface area contributed by atoms with Gasteiger partial charge in [-0.25, -0.2) is 31.5 Å². The molecular formula is C17H15BrN4O4S2. The van der Waals surface area contributed by atoms with Gasteiger partial charge in [0, 0.05) is 22.6 Å². The largest absolute Gasteiger partial charge is 0.283 e. The molecule has 2 aromatic carbocycles. The van der Waals surface area contributed by atoms with Crippen molar-refractivity contribution in [2.45, 2.75) is 10.6 Å². The molecule has 0 saturated heterocycles. The van der Waals surface area contributed by atoms with Crippen molar-refractivity contribution in [1.29, 1.82) is 0 Å². The van der Waals surface area contributed by atoms with Gasteiger partial charge < -0.3 is 0 Å². The molecule has 0 aliphatic carbocycles. The summed E-state index contributed by atoms with van der Waals surface area (Å²) in [6, 6.07) is 13.8.